The zero-order valence-corrected chi connectivity index (χ0v) is 16.0. The molecule has 0 atom stereocenters. The van der Waals surface area contributed by atoms with Crippen LogP contribution in [-0.2, 0) is 4.79 Å². The number of para-hydroxylation sites is 1. The summed E-state index contributed by atoms with van der Waals surface area (Å²) >= 11 is 1.50. The first-order valence-corrected chi connectivity index (χ1v) is 9.41. The number of amides is 2. The summed E-state index contributed by atoms with van der Waals surface area (Å²) in [5.74, 6) is -0.684. The number of anilines is 1. The Morgan fingerprint density at radius 1 is 0.926 bits per heavy atom. The number of hydrogen-bond donors (Lipinski definition) is 2. The Kier molecular flexibility index (Phi) is 5.84. The molecule has 0 bridgehead atoms. The van der Waals surface area contributed by atoms with Gasteiger partial charge >= 0.3 is 0 Å². The van der Waals surface area contributed by atoms with Gasteiger partial charge in [0.25, 0.3) is 11.8 Å². The monoisotopic (exact) mass is 376 g/mol. The summed E-state index contributed by atoms with van der Waals surface area (Å²) in [6, 6.07) is 18.5. The van der Waals surface area contributed by atoms with E-state index in [4.69, 9.17) is 0 Å². The van der Waals surface area contributed by atoms with Crippen LogP contribution in [0.2, 0.25) is 0 Å². The molecule has 0 aliphatic carbocycles. The van der Waals surface area contributed by atoms with Gasteiger partial charge < -0.3 is 10.6 Å². The second kappa shape index (κ2) is 8.47. The van der Waals surface area contributed by atoms with Crippen molar-refractivity contribution in [2.45, 2.75) is 13.8 Å². The van der Waals surface area contributed by atoms with Crippen LogP contribution >= 0.6 is 11.3 Å². The molecule has 0 spiro atoms. The Balaban J connectivity index is 1.85. The minimum absolute atomic E-state index is 0.200. The maximum absolute atomic E-state index is 12.8. The topological polar surface area (TPSA) is 58.2 Å². The number of carbonyl (C=O) groups excluding carboxylic acids is 2. The van der Waals surface area contributed by atoms with Crippen molar-refractivity contribution >= 4 is 34.9 Å². The van der Waals surface area contributed by atoms with Crippen LogP contribution in [0.4, 0.5) is 5.69 Å². The van der Waals surface area contributed by atoms with Gasteiger partial charge in [-0.2, -0.15) is 0 Å². The largest absolute Gasteiger partial charge is 0.320 e. The highest BCUT2D eigenvalue weighted by Gasteiger charge is 2.16. The average Bonchev–Trinajstić information content (AvgIpc) is 3.16. The van der Waals surface area contributed by atoms with Crippen molar-refractivity contribution < 1.29 is 9.59 Å². The third-order valence-electron chi connectivity index (χ3n) is 4.03. The van der Waals surface area contributed by atoms with Gasteiger partial charge in [0.1, 0.15) is 5.70 Å². The first-order valence-electron chi connectivity index (χ1n) is 8.53. The molecule has 0 saturated carbocycles. The lowest BCUT2D eigenvalue weighted by Gasteiger charge is -2.12. The van der Waals surface area contributed by atoms with E-state index in [0.29, 0.717) is 11.3 Å². The van der Waals surface area contributed by atoms with Gasteiger partial charge in [-0.05, 0) is 55.1 Å². The highest BCUT2D eigenvalue weighted by atomic mass is 32.1. The normalized spacial score (nSPS) is 11.1. The van der Waals surface area contributed by atoms with Crippen molar-refractivity contribution in [1.82, 2.24) is 5.32 Å². The number of nitrogens with one attached hydrogen (secondary N) is 2. The molecule has 3 aromatic rings. The smallest absolute Gasteiger partial charge is 0.272 e. The molecule has 0 radical (unpaired) electrons. The van der Waals surface area contributed by atoms with Crippen molar-refractivity contribution in [2.24, 2.45) is 0 Å². The van der Waals surface area contributed by atoms with Gasteiger partial charge in [-0.1, -0.05) is 42.0 Å². The summed E-state index contributed by atoms with van der Waals surface area (Å²) < 4.78 is 0. The summed E-state index contributed by atoms with van der Waals surface area (Å²) in [6.07, 6.45) is 1.68. The van der Waals surface area contributed by atoms with E-state index >= 15 is 0 Å². The van der Waals surface area contributed by atoms with Crippen LogP contribution in [0.1, 0.15) is 26.4 Å². The summed E-state index contributed by atoms with van der Waals surface area (Å²) in [7, 11) is 0. The molecule has 0 unspecified atom stereocenters. The van der Waals surface area contributed by atoms with Crippen LogP contribution in [0.5, 0.6) is 0 Å². The first-order chi connectivity index (χ1) is 13.0. The van der Waals surface area contributed by atoms with Crippen LogP contribution in [0.15, 0.2) is 71.7 Å². The first kappa shape index (κ1) is 18.6. The fourth-order valence-corrected chi connectivity index (χ4v) is 3.13. The number of hydrogen-bond acceptors (Lipinski definition) is 3. The molecule has 0 fully saturated rings. The molecular weight excluding hydrogens is 356 g/mol. The van der Waals surface area contributed by atoms with E-state index in [1.165, 1.54) is 11.3 Å². The Morgan fingerprint density at radius 2 is 1.67 bits per heavy atom. The van der Waals surface area contributed by atoms with E-state index in [9.17, 15) is 9.59 Å². The molecule has 2 amide bonds. The molecule has 3 rings (SSSR count). The molecule has 2 N–H and O–H groups in total. The lowest BCUT2D eigenvalue weighted by Crippen LogP contribution is -2.30. The van der Waals surface area contributed by atoms with E-state index in [2.05, 4.69) is 10.6 Å². The Bertz CT molecular complexity index is 974. The highest BCUT2D eigenvalue weighted by molar-refractivity contribution is 7.10. The van der Waals surface area contributed by atoms with E-state index in [0.717, 1.165) is 16.0 Å². The second-order valence-electron chi connectivity index (χ2n) is 6.16. The van der Waals surface area contributed by atoms with Crippen LogP contribution in [-0.4, -0.2) is 11.8 Å². The van der Waals surface area contributed by atoms with Crippen LogP contribution < -0.4 is 10.6 Å². The van der Waals surface area contributed by atoms with Crippen LogP contribution in [0.3, 0.4) is 0 Å². The van der Waals surface area contributed by atoms with Crippen LogP contribution in [0, 0.1) is 13.8 Å². The zero-order chi connectivity index (χ0) is 19.2. The van der Waals surface area contributed by atoms with Gasteiger partial charge in [0.2, 0.25) is 0 Å². The third-order valence-corrected chi connectivity index (χ3v) is 4.85. The number of thiophene rings is 1. The molecule has 0 aliphatic rings. The fraction of sp³-hybridized carbons (Fsp3) is 0.0909. The molecule has 1 heterocycles. The summed E-state index contributed by atoms with van der Waals surface area (Å²) in [4.78, 5) is 26.3. The molecule has 4 nitrogen and oxygen atoms in total. The lowest BCUT2D eigenvalue weighted by atomic mass is 10.1. The van der Waals surface area contributed by atoms with E-state index in [-0.39, 0.29) is 17.5 Å². The molecular formula is C22H20N2O2S. The summed E-state index contributed by atoms with van der Waals surface area (Å²) in [5.41, 5.74) is 3.43. The van der Waals surface area contributed by atoms with E-state index < -0.39 is 0 Å². The van der Waals surface area contributed by atoms with Crippen molar-refractivity contribution in [2.75, 3.05) is 5.32 Å². The van der Waals surface area contributed by atoms with E-state index in [1.54, 1.807) is 18.2 Å². The molecule has 27 heavy (non-hydrogen) atoms. The van der Waals surface area contributed by atoms with Gasteiger partial charge in [-0.25, -0.2) is 0 Å². The van der Waals surface area contributed by atoms with Gasteiger partial charge in [0.05, 0.1) is 0 Å². The number of benzene rings is 2. The van der Waals surface area contributed by atoms with Crippen molar-refractivity contribution in [3.63, 3.8) is 0 Å². The van der Waals surface area contributed by atoms with Crippen molar-refractivity contribution in [3.05, 3.63) is 93.3 Å². The number of carbonyl (C=O) groups is 2. The Hall–Kier alpha value is -3.18. The molecule has 0 aliphatic heterocycles. The third kappa shape index (κ3) is 4.92. The quantitative estimate of drug-likeness (QED) is 0.630. The van der Waals surface area contributed by atoms with Crippen molar-refractivity contribution in [1.29, 1.82) is 0 Å². The van der Waals surface area contributed by atoms with Crippen molar-refractivity contribution in [3.8, 4) is 0 Å². The molecule has 1 aromatic heterocycles. The second-order valence-corrected chi connectivity index (χ2v) is 7.14. The fourth-order valence-electron chi connectivity index (χ4n) is 2.48. The SMILES string of the molecule is Cc1ccc(C(=O)N/C(=C\c2cccs2)C(=O)Nc2ccccc2C)cc1. The van der Waals surface area contributed by atoms with Gasteiger partial charge in [0, 0.05) is 16.1 Å². The Morgan fingerprint density at radius 3 is 2.33 bits per heavy atom. The Labute approximate surface area is 162 Å². The summed E-state index contributed by atoms with van der Waals surface area (Å²) in [6.45, 7) is 3.88. The maximum Gasteiger partial charge on any atom is 0.272 e. The predicted octanol–water partition coefficient (Wildman–Crippen LogP) is 4.77. The minimum Gasteiger partial charge on any atom is -0.320 e. The summed E-state index contributed by atoms with van der Waals surface area (Å²) in [5, 5.41) is 7.54. The molecule has 136 valence electrons. The molecule has 2 aromatic carbocycles. The van der Waals surface area contributed by atoms with Gasteiger partial charge in [-0.15, -0.1) is 11.3 Å². The standard InChI is InChI=1S/C22H20N2O2S/c1-15-9-11-17(12-10-15)21(25)24-20(14-18-7-5-13-27-18)22(26)23-19-8-4-3-6-16(19)2/h3-14H,1-2H3,(H,23,26)(H,24,25)/b20-14-. The van der Waals surface area contributed by atoms with E-state index in [1.807, 2.05) is 67.8 Å². The molecule has 0 saturated heterocycles. The molecule has 5 heteroatoms. The predicted molar refractivity (Wildman–Crippen MR) is 111 cm³/mol. The maximum atomic E-state index is 12.8. The van der Waals surface area contributed by atoms with Gasteiger partial charge in [0.15, 0.2) is 0 Å². The average molecular weight is 376 g/mol. The minimum atomic E-state index is -0.363. The number of aryl methyl sites for hydroxylation is 2. The highest BCUT2D eigenvalue weighted by Crippen LogP contribution is 2.17. The lowest BCUT2D eigenvalue weighted by molar-refractivity contribution is -0.113. The number of rotatable bonds is 5. The van der Waals surface area contributed by atoms with Crippen LogP contribution in [0.25, 0.3) is 6.08 Å². The van der Waals surface area contributed by atoms with Gasteiger partial charge in [-0.3, -0.25) is 9.59 Å². The zero-order valence-electron chi connectivity index (χ0n) is 15.2.